The van der Waals surface area contributed by atoms with Crippen LogP contribution in [0.4, 0.5) is 0 Å². The van der Waals surface area contributed by atoms with Crippen molar-refractivity contribution >= 4 is 98.0 Å². The SMILES string of the molecule is c1ccc2cc3c(cc2c1)c1ccc2ccccc2c1n3-c1ccc(-c2nc(-c3cccc4ccccc34)nc(-c3cccc4oc5ccccc5c34)n2)c2oc3ccccc3c12. The van der Waals surface area contributed by atoms with Crippen LogP contribution in [0.25, 0.3) is 138 Å². The van der Waals surface area contributed by atoms with Gasteiger partial charge in [-0.3, -0.25) is 0 Å². The molecule has 0 aliphatic carbocycles. The van der Waals surface area contributed by atoms with Crippen LogP contribution in [0, 0.1) is 0 Å². The van der Waals surface area contributed by atoms with Gasteiger partial charge in [-0.15, -0.1) is 0 Å². The Balaban J connectivity index is 1.10. The number of rotatable bonds is 4. The molecule has 6 nitrogen and oxygen atoms in total. The van der Waals surface area contributed by atoms with Crippen LogP contribution >= 0.6 is 0 Å². The molecule has 0 saturated heterocycles. The first-order valence-corrected chi connectivity index (χ1v) is 21.2. The molecule has 63 heavy (non-hydrogen) atoms. The molecule has 0 aliphatic rings. The van der Waals surface area contributed by atoms with E-state index in [2.05, 4.69) is 156 Å². The van der Waals surface area contributed by atoms with Crippen molar-refractivity contribution in [1.82, 2.24) is 19.5 Å². The Bertz CT molecular complexity index is 4230. The van der Waals surface area contributed by atoms with Crippen LogP contribution < -0.4 is 0 Å². The van der Waals surface area contributed by atoms with Gasteiger partial charge in [-0.1, -0.05) is 152 Å². The summed E-state index contributed by atoms with van der Waals surface area (Å²) in [5, 5.41) is 13.3. The lowest BCUT2D eigenvalue weighted by atomic mass is 10.0. The van der Waals surface area contributed by atoms with Gasteiger partial charge in [-0.05, 0) is 69.4 Å². The highest BCUT2D eigenvalue weighted by molar-refractivity contribution is 6.23. The molecule has 0 spiro atoms. The summed E-state index contributed by atoms with van der Waals surface area (Å²) in [5.74, 6) is 1.64. The second kappa shape index (κ2) is 12.9. The van der Waals surface area contributed by atoms with E-state index in [1.54, 1.807) is 0 Å². The molecular formula is C57H32N4O2. The molecule has 0 amide bonds. The van der Waals surface area contributed by atoms with Gasteiger partial charge in [0.2, 0.25) is 0 Å². The average molecular weight is 805 g/mol. The Morgan fingerprint density at radius 3 is 1.68 bits per heavy atom. The summed E-state index contributed by atoms with van der Waals surface area (Å²) >= 11 is 0. The van der Waals surface area contributed by atoms with E-state index >= 15 is 0 Å². The highest BCUT2D eigenvalue weighted by atomic mass is 16.3. The van der Waals surface area contributed by atoms with Crippen LogP contribution in [0.3, 0.4) is 0 Å². The van der Waals surface area contributed by atoms with Crippen molar-refractivity contribution in [3.63, 3.8) is 0 Å². The number of benzene rings is 10. The predicted molar refractivity (Wildman–Crippen MR) is 258 cm³/mol. The molecule has 4 aromatic heterocycles. The Kier molecular flexibility index (Phi) is 7.02. The van der Waals surface area contributed by atoms with Gasteiger partial charge >= 0.3 is 0 Å². The molecule has 0 bridgehead atoms. The molecular weight excluding hydrogens is 773 g/mol. The number of hydrogen-bond acceptors (Lipinski definition) is 5. The van der Waals surface area contributed by atoms with Gasteiger partial charge in [0.1, 0.15) is 22.3 Å². The lowest BCUT2D eigenvalue weighted by Gasteiger charge is -2.14. The largest absolute Gasteiger partial charge is 0.456 e. The van der Waals surface area contributed by atoms with Crippen molar-refractivity contribution in [2.45, 2.75) is 0 Å². The maximum absolute atomic E-state index is 7.01. The first-order valence-electron chi connectivity index (χ1n) is 21.2. The third-order valence-corrected chi connectivity index (χ3v) is 12.8. The molecule has 0 atom stereocenters. The molecule has 10 aromatic carbocycles. The van der Waals surface area contributed by atoms with E-state index < -0.39 is 0 Å². The van der Waals surface area contributed by atoms with E-state index in [4.69, 9.17) is 23.8 Å². The fourth-order valence-electron chi connectivity index (χ4n) is 10.0. The highest BCUT2D eigenvalue weighted by Crippen LogP contribution is 2.45. The summed E-state index contributed by atoms with van der Waals surface area (Å²) in [6.07, 6.45) is 0. The lowest BCUT2D eigenvalue weighted by molar-refractivity contribution is 0.668. The smallest absolute Gasteiger partial charge is 0.167 e. The molecule has 0 unspecified atom stereocenters. The van der Waals surface area contributed by atoms with Crippen molar-refractivity contribution in [2.75, 3.05) is 0 Å². The summed E-state index contributed by atoms with van der Waals surface area (Å²) < 4.78 is 15.8. The monoisotopic (exact) mass is 804 g/mol. The van der Waals surface area contributed by atoms with Crippen LogP contribution in [-0.2, 0) is 0 Å². The van der Waals surface area contributed by atoms with Gasteiger partial charge in [-0.2, -0.15) is 0 Å². The Morgan fingerprint density at radius 1 is 0.333 bits per heavy atom. The maximum atomic E-state index is 7.01. The first kappa shape index (κ1) is 34.1. The molecule has 14 rings (SSSR count). The van der Waals surface area contributed by atoms with Crippen LogP contribution in [0.5, 0.6) is 0 Å². The summed E-state index contributed by atoms with van der Waals surface area (Å²) in [7, 11) is 0. The van der Waals surface area contributed by atoms with Gasteiger partial charge in [-0.25, -0.2) is 15.0 Å². The molecule has 0 radical (unpaired) electrons. The molecule has 0 saturated carbocycles. The van der Waals surface area contributed by atoms with Crippen molar-refractivity contribution in [2.24, 2.45) is 0 Å². The van der Waals surface area contributed by atoms with Crippen molar-refractivity contribution < 1.29 is 8.83 Å². The van der Waals surface area contributed by atoms with Gasteiger partial charge in [0.25, 0.3) is 0 Å². The highest BCUT2D eigenvalue weighted by Gasteiger charge is 2.25. The van der Waals surface area contributed by atoms with Crippen LogP contribution in [-0.4, -0.2) is 19.5 Å². The Hall–Kier alpha value is -8.61. The van der Waals surface area contributed by atoms with E-state index in [0.29, 0.717) is 23.1 Å². The number of furan rings is 2. The van der Waals surface area contributed by atoms with Gasteiger partial charge in [0, 0.05) is 43.4 Å². The van der Waals surface area contributed by atoms with Crippen LogP contribution in [0.15, 0.2) is 203 Å². The second-order valence-electron chi connectivity index (χ2n) is 16.3. The number of para-hydroxylation sites is 2. The molecule has 0 N–H and O–H groups in total. The second-order valence-corrected chi connectivity index (χ2v) is 16.3. The van der Waals surface area contributed by atoms with E-state index in [0.717, 1.165) is 82.5 Å². The minimum absolute atomic E-state index is 0.516. The number of hydrogen-bond donors (Lipinski definition) is 0. The summed E-state index contributed by atoms with van der Waals surface area (Å²) in [6.45, 7) is 0. The van der Waals surface area contributed by atoms with Gasteiger partial charge in [0.05, 0.1) is 27.7 Å². The van der Waals surface area contributed by atoms with Gasteiger partial charge < -0.3 is 13.4 Å². The minimum Gasteiger partial charge on any atom is -0.456 e. The molecule has 0 fully saturated rings. The van der Waals surface area contributed by atoms with Crippen LogP contribution in [0.2, 0.25) is 0 Å². The maximum Gasteiger partial charge on any atom is 0.167 e. The third-order valence-electron chi connectivity index (χ3n) is 12.8. The quantitative estimate of drug-likeness (QED) is 0.177. The minimum atomic E-state index is 0.516. The first-order chi connectivity index (χ1) is 31.2. The average Bonchev–Trinajstić information content (AvgIpc) is 4.03. The lowest BCUT2D eigenvalue weighted by Crippen LogP contribution is -2.02. The fourth-order valence-corrected chi connectivity index (χ4v) is 10.0. The normalized spacial score (nSPS) is 12.1. The zero-order valence-corrected chi connectivity index (χ0v) is 33.6. The van der Waals surface area contributed by atoms with E-state index in [1.807, 2.05) is 42.5 Å². The van der Waals surface area contributed by atoms with Crippen molar-refractivity contribution in [3.05, 3.63) is 194 Å². The summed E-state index contributed by atoms with van der Waals surface area (Å²) in [5.41, 5.74) is 8.94. The molecule has 6 heteroatoms. The van der Waals surface area contributed by atoms with Crippen LogP contribution in [0.1, 0.15) is 0 Å². The third kappa shape index (κ3) is 4.97. The van der Waals surface area contributed by atoms with E-state index in [-0.39, 0.29) is 0 Å². The van der Waals surface area contributed by atoms with Gasteiger partial charge in [0.15, 0.2) is 17.5 Å². The zero-order valence-electron chi connectivity index (χ0n) is 33.6. The topological polar surface area (TPSA) is 69.9 Å². The number of aromatic nitrogens is 4. The summed E-state index contributed by atoms with van der Waals surface area (Å²) in [4.78, 5) is 16.0. The predicted octanol–water partition coefficient (Wildman–Crippen LogP) is 15.2. The number of fused-ring (bicyclic) bond motifs is 13. The van der Waals surface area contributed by atoms with E-state index in [9.17, 15) is 0 Å². The Labute approximate surface area is 358 Å². The number of nitrogens with zero attached hydrogens (tertiary/aromatic N) is 4. The molecule has 4 heterocycles. The zero-order chi connectivity index (χ0) is 41.2. The molecule has 14 aromatic rings. The fraction of sp³-hybridized carbons (Fsp3) is 0. The molecule has 0 aliphatic heterocycles. The van der Waals surface area contributed by atoms with E-state index in [1.165, 1.54) is 32.3 Å². The van der Waals surface area contributed by atoms with Crippen molar-refractivity contribution in [1.29, 1.82) is 0 Å². The standard InChI is InChI=1S/C57H32N4O2/c1-2-16-36-32-47-45(31-35(36)15-1)39-28-27-34-14-4-6-19-38(34)53(39)61(47)46-30-29-44(54-52(46)42-21-8-10-25-49(42)63-54)57-59-55(40-22-11-17-33-13-3-5-18-37(33)40)58-56(60-57)43-23-12-26-50-51(43)41-20-7-9-24-48(41)62-50/h1-32H. The Morgan fingerprint density at radius 2 is 0.889 bits per heavy atom. The summed E-state index contributed by atoms with van der Waals surface area (Å²) in [6, 6.07) is 68.0. The molecule has 292 valence electrons. The van der Waals surface area contributed by atoms with Crippen molar-refractivity contribution in [3.8, 4) is 39.9 Å².